The fourth-order valence-electron chi connectivity index (χ4n) is 3.00. The molecule has 4 rings (SSSR count). The van der Waals surface area contributed by atoms with Crippen LogP contribution in [0, 0.1) is 0 Å². The van der Waals surface area contributed by atoms with Crippen LogP contribution in [0.2, 0.25) is 0 Å². The van der Waals surface area contributed by atoms with Crippen molar-refractivity contribution in [2.75, 3.05) is 5.32 Å². The third-order valence-corrected chi connectivity index (χ3v) is 4.43. The van der Waals surface area contributed by atoms with Gasteiger partial charge in [-0.2, -0.15) is 5.10 Å². The third-order valence-electron chi connectivity index (χ3n) is 4.43. The molecule has 0 spiro atoms. The monoisotopic (exact) mass is 355 g/mol. The highest BCUT2D eigenvalue weighted by Crippen LogP contribution is 2.22. The van der Waals surface area contributed by atoms with E-state index < -0.39 is 0 Å². The van der Waals surface area contributed by atoms with Crippen molar-refractivity contribution < 1.29 is 4.79 Å². The van der Waals surface area contributed by atoms with E-state index in [1.807, 2.05) is 66.7 Å². The third kappa shape index (κ3) is 3.35. The number of rotatable bonds is 3. The first-order valence-electron chi connectivity index (χ1n) is 8.56. The Morgan fingerprint density at radius 3 is 2.41 bits per heavy atom. The first-order chi connectivity index (χ1) is 13.1. The zero-order chi connectivity index (χ0) is 18.8. The predicted octanol–water partition coefficient (Wildman–Crippen LogP) is 3.85. The van der Waals surface area contributed by atoms with E-state index in [0.717, 1.165) is 16.3 Å². The molecule has 4 aromatic rings. The smallest absolute Gasteiger partial charge is 0.266 e. The van der Waals surface area contributed by atoms with Crippen LogP contribution in [0.4, 0.5) is 5.69 Å². The number of nitrogens with zero attached hydrogens (tertiary/aromatic N) is 2. The molecule has 1 heterocycles. The van der Waals surface area contributed by atoms with Crippen LogP contribution in [0.1, 0.15) is 10.4 Å². The van der Waals surface area contributed by atoms with Gasteiger partial charge < -0.3 is 5.32 Å². The number of hydrogen-bond donors (Lipinski definition) is 1. The van der Waals surface area contributed by atoms with Gasteiger partial charge in [-0.25, -0.2) is 4.68 Å². The van der Waals surface area contributed by atoms with E-state index >= 15 is 0 Å². The lowest BCUT2D eigenvalue weighted by Gasteiger charge is -2.09. The Morgan fingerprint density at radius 1 is 0.889 bits per heavy atom. The van der Waals surface area contributed by atoms with Crippen LogP contribution in [0.5, 0.6) is 0 Å². The zero-order valence-electron chi connectivity index (χ0n) is 14.7. The van der Waals surface area contributed by atoms with Crippen molar-refractivity contribution in [3.05, 3.63) is 94.8 Å². The minimum absolute atomic E-state index is 0.153. The van der Waals surface area contributed by atoms with Gasteiger partial charge in [-0.3, -0.25) is 9.59 Å². The van der Waals surface area contributed by atoms with Crippen molar-refractivity contribution in [3.63, 3.8) is 0 Å². The standard InChI is InChI=1S/C22H17N3O2/c1-25-21(26)14-13-20(24-25)16-9-11-17(12-10-16)23-22(27)19-8-4-6-15-5-2-3-7-18(15)19/h2-14H,1H3,(H,23,27). The van der Waals surface area contributed by atoms with Crippen LogP contribution in [-0.4, -0.2) is 15.7 Å². The van der Waals surface area contributed by atoms with Crippen molar-refractivity contribution in [1.29, 1.82) is 0 Å². The summed E-state index contributed by atoms with van der Waals surface area (Å²) in [4.78, 5) is 24.2. The Bertz CT molecular complexity index is 1190. The van der Waals surface area contributed by atoms with Crippen LogP contribution in [0.25, 0.3) is 22.0 Å². The SMILES string of the molecule is Cn1nc(-c2ccc(NC(=O)c3cccc4ccccc34)cc2)ccc1=O. The predicted molar refractivity (Wildman–Crippen MR) is 107 cm³/mol. The van der Waals surface area contributed by atoms with E-state index in [-0.39, 0.29) is 11.5 Å². The molecule has 132 valence electrons. The summed E-state index contributed by atoms with van der Waals surface area (Å²) in [5.74, 6) is -0.153. The first-order valence-corrected chi connectivity index (χ1v) is 8.56. The average molecular weight is 355 g/mol. The molecule has 1 aromatic heterocycles. The number of hydrogen-bond acceptors (Lipinski definition) is 3. The quantitative estimate of drug-likeness (QED) is 0.607. The lowest BCUT2D eigenvalue weighted by atomic mass is 10.0. The normalized spacial score (nSPS) is 10.7. The highest BCUT2D eigenvalue weighted by atomic mass is 16.1. The molecule has 27 heavy (non-hydrogen) atoms. The summed E-state index contributed by atoms with van der Waals surface area (Å²) in [6.45, 7) is 0. The number of carbonyl (C=O) groups is 1. The molecule has 0 fully saturated rings. The molecule has 5 heteroatoms. The van der Waals surface area contributed by atoms with Crippen LogP contribution >= 0.6 is 0 Å². The van der Waals surface area contributed by atoms with Gasteiger partial charge in [0.05, 0.1) is 5.69 Å². The molecule has 0 aliphatic heterocycles. The summed E-state index contributed by atoms with van der Waals surface area (Å²) in [5, 5.41) is 9.12. The van der Waals surface area contributed by atoms with Crippen LogP contribution in [0.3, 0.4) is 0 Å². The Morgan fingerprint density at radius 2 is 1.63 bits per heavy atom. The van der Waals surface area contributed by atoms with E-state index in [4.69, 9.17) is 0 Å². The number of anilines is 1. The second-order valence-electron chi connectivity index (χ2n) is 6.24. The van der Waals surface area contributed by atoms with Gasteiger partial charge in [0.25, 0.3) is 11.5 Å². The molecule has 0 atom stereocenters. The summed E-state index contributed by atoms with van der Waals surface area (Å²) in [6, 6.07) is 24.1. The maximum absolute atomic E-state index is 12.7. The number of aromatic nitrogens is 2. The molecule has 0 bridgehead atoms. The highest BCUT2D eigenvalue weighted by Gasteiger charge is 2.10. The Hall–Kier alpha value is -3.73. The van der Waals surface area contributed by atoms with E-state index in [1.54, 1.807) is 13.1 Å². The number of amides is 1. The highest BCUT2D eigenvalue weighted by molar-refractivity contribution is 6.12. The summed E-state index contributed by atoms with van der Waals surface area (Å²) in [7, 11) is 1.62. The topological polar surface area (TPSA) is 64.0 Å². The van der Waals surface area contributed by atoms with Gasteiger partial charge in [0.2, 0.25) is 0 Å². The Balaban J connectivity index is 1.58. The van der Waals surface area contributed by atoms with Gasteiger partial charge in [-0.15, -0.1) is 0 Å². The molecule has 0 radical (unpaired) electrons. The number of aryl methyl sites for hydroxylation is 1. The summed E-state index contributed by atoms with van der Waals surface area (Å²) >= 11 is 0. The molecule has 3 aromatic carbocycles. The van der Waals surface area contributed by atoms with Gasteiger partial charge in [0, 0.05) is 29.9 Å². The molecule has 1 amide bonds. The van der Waals surface area contributed by atoms with Gasteiger partial charge >= 0.3 is 0 Å². The maximum atomic E-state index is 12.7. The van der Waals surface area contributed by atoms with Crippen molar-refractivity contribution in [1.82, 2.24) is 9.78 Å². The molecule has 0 saturated carbocycles. The Labute approximate surface area is 155 Å². The van der Waals surface area contributed by atoms with Crippen molar-refractivity contribution in [3.8, 4) is 11.3 Å². The minimum Gasteiger partial charge on any atom is -0.322 e. The van der Waals surface area contributed by atoms with Gasteiger partial charge in [0.15, 0.2) is 0 Å². The molecule has 0 aliphatic carbocycles. The average Bonchev–Trinajstić information content (AvgIpc) is 2.70. The van der Waals surface area contributed by atoms with Crippen LogP contribution < -0.4 is 10.9 Å². The van der Waals surface area contributed by atoms with Gasteiger partial charge in [-0.05, 0) is 35.0 Å². The number of nitrogens with one attached hydrogen (secondary N) is 1. The summed E-state index contributed by atoms with van der Waals surface area (Å²) in [5.41, 5.74) is 2.74. The van der Waals surface area contributed by atoms with Crippen molar-refractivity contribution >= 4 is 22.4 Å². The van der Waals surface area contributed by atoms with E-state index in [2.05, 4.69) is 10.4 Å². The summed E-state index contributed by atoms with van der Waals surface area (Å²) < 4.78 is 1.30. The van der Waals surface area contributed by atoms with Crippen LogP contribution in [0.15, 0.2) is 83.7 Å². The summed E-state index contributed by atoms with van der Waals surface area (Å²) in [6.07, 6.45) is 0. The van der Waals surface area contributed by atoms with Crippen LogP contribution in [-0.2, 0) is 7.05 Å². The molecule has 0 aliphatic rings. The lowest BCUT2D eigenvalue weighted by molar-refractivity contribution is 0.102. The molecule has 5 nitrogen and oxygen atoms in total. The molecule has 0 unspecified atom stereocenters. The van der Waals surface area contributed by atoms with E-state index in [0.29, 0.717) is 16.9 Å². The van der Waals surface area contributed by atoms with E-state index in [9.17, 15) is 9.59 Å². The number of fused-ring (bicyclic) bond motifs is 1. The molecular weight excluding hydrogens is 338 g/mol. The first kappa shape index (κ1) is 16.7. The molecule has 1 N–H and O–H groups in total. The van der Waals surface area contributed by atoms with Crippen molar-refractivity contribution in [2.45, 2.75) is 0 Å². The molecular formula is C22H17N3O2. The van der Waals surface area contributed by atoms with Gasteiger partial charge in [-0.1, -0.05) is 48.5 Å². The number of benzene rings is 3. The van der Waals surface area contributed by atoms with Crippen molar-refractivity contribution in [2.24, 2.45) is 7.05 Å². The zero-order valence-corrected chi connectivity index (χ0v) is 14.7. The molecule has 0 saturated heterocycles. The largest absolute Gasteiger partial charge is 0.322 e. The second kappa shape index (κ2) is 6.88. The fraction of sp³-hybridized carbons (Fsp3) is 0.0455. The Kier molecular flexibility index (Phi) is 4.26. The maximum Gasteiger partial charge on any atom is 0.266 e. The second-order valence-corrected chi connectivity index (χ2v) is 6.24. The van der Waals surface area contributed by atoms with Gasteiger partial charge in [0.1, 0.15) is 0 Å². The fourth-order valence-corrected chi connectivity index (χ4v) is 3.00. The lowest BCUT2D eigenvalue weighted by Crippen LogP contribution is -2.18. The minimum atomic E-state index is -0.155. The number of carbonyl (C=O) groups excluding carboxylic acids is 1. The van der Waals surface area contributed by atoms with E-state index in [1.165, 1.54) is 10.7 Å².